The third-order valence-corrected chi connectivity index (χ3v) is 3.29. The van der Waals surface area contributed by atoms with Crippen LogP contribution in [0.5, 0.6) is 0 Å². The molecule has 2 rings (SSSR count). The molecule has 0 saturated carbocycles. The van der Waals surface area contributed by atoms with Gasteiger partial charge in [0.15, 0.2) is 0 Å². The lowest BCUT2D eigenvalue weighted by Crippen LogP contribution is -2.37. The number of aromatic nitrogens is 2. The highest BCUT2D eigenvalue weighted by molar-refractivity contribution is 5.30. The number of morpholine rings is 1. The number of aliphatic hydroxyl groups excluding tert-OH is 1. The number of hydrogen-bond acceptors (Lipinski definition) is 6. The Morgan fingerprint density at radius 2 is 2.05 bits per heavy atom. The molecular formula is C13H22N4O2. The van der Waals surface area contributed by atoms with Crippen molar-refractivity contribution in [2.24, 2.45) is 0 Å². The van der Waals surface area contributed by atoms with Crippen LogP contribution < -0.4 is 10.2 Å². The summed E-state index contributed by atoms with van der Waals surface area (Å²) in [5.74, 6) is 0.765. The van der Waals surface area contributed by atoms with E-state index < -0.39 is 0 Å². The third kappa shape index (κ3) is 4.12. The van der Waals surface area contributed by atoms with Crippen molar-refractivity contribution in [2.45, 2.75) is 25.9 Å². The van der Waals surface area contributed by atoms with Gasteiger partial charge in [-0.05, 0) is 6.42 Å². The van der Waals surface area contributed by atoms with Gasteiger partial charge in [-0.25, -0.2) is 9.97 Å². The molecule has 0 bridgehead atoms. The van der Waals surface area contributed by atoms with Crippen molar-refractivity contribution >= 4 is 5.95 Å². The van der Waals surface area contributed by atoms with Gasteiger partial charge >= 0.3 is 0 Å². The first kappa shape index (κ1) is 14.2. The third-order valence-electron chi connectivity index (χ3n) is 3.29. The molecule has 106 valence electrons. The van der Waals surface area contributed by atoms with Crippen LogP contribution in [0.2, 0.25) is 0 Å². The molecule has 1 aliphatic rings. The normalized spacial score (nSPS) is 17.5. The number of anilines is 1. The summed E-state index contributed by atoms with van der Waals surface area (Å²) in [5, 5.41) is 12.4. The second kappa shape index (κ2) is 7.37. The van der Waals surface area contributed by atoms with Crippen molar-refractivity contribution in [3.63, 3.8) is 0 Å². The average Bonchev–Trinajstić information content (AvgIpc) is 2.50. The summed E-state index contributed by atoms with van der Waals surface area (Å²) in [4.78, 5) is 10.9. The van der Waals surface area contributed by atoms with E-state index in [2.05, 4.69) is 20.2 Å². The molecular weight excluding hydrogens is 244 g/mol. The minimum absolute atomic E-state index is 0.138. The molecule has 6 nitrogen and oxygen atoms in total. The van der Waals surface area contributed by atoms with Gasteiger partial charge < -0.3 is 20.1 Å². The van der Waals surface area contributed by atoms with E-state index in [1.165, 1.54) is 0 Å². The van der Waals surface area contributed by atoms with Crippen LogP contribution in [0.1, 0.15) is 18.9 Å². The highest BCUT2D eigenvalue weighted by Crippen LogP contribution is 2.09. The van der Waals surface area contributed by atoms with Crippen LogP contribution in [0.15, 0.2) is 12.4 Å². The molecule has 2 heterocycles. The maximum Gasteiger partial charge on any atom is 0.225 e. The van der Waals surface area contributed by atoms with E-state index in [1.54, 1.807) is 0 Å². The van der Waals surface area contributed by atoms with Crippen molar-refractivity contribution in [2.75, 3.05) is 37.8 Å². The van der Waals surface area contributed by atoms with E-state index in [1.807, 2.05) is 19.3 Å². The Kier molecular flexibility index (Phi) is 5.50. The molecule has 1 aromatic heterocycles. The Morgan fingerprint density at radius 3 is 2.63 bits per heavy atom. The topological polar surface area (TPSA) is 70.5 Å². The van der Waals surface area contributed by atoms with Gasteiger partial charge in [0.2, 0.25) is 5.95 Å². The van der Waals surface area contributed by atoms with E-state index in [-0.39, 0.29) is 12.6 Å². The molecule has 1 unspecified atom stereocenters. The molecule has 2 N–H and O–H groups in total. The molecule has 0 spiro atoms. The highest BCUT2D eigenvalue weighted by atomic mass is 16.5. The van der Waals surface area contributed by atoms with E-state index >= 15 is 0 Å². The zero-order valence-electron chi connectivity index (χ0n) is 11.4. The molecule has 1 fully saturated rings. The zero-order chi connectivity index (χ0) is 13.5. The monoisotopic (exact) mass is 266 g/mol. The molecule has 1 aromatic rings. The van der Waals surface area contributed by atoms with Crippen LogP contribution in [0.3, 0.4) is 0 Å². The summed E-state index contributed by atoms with van der Waals surface area (Å²) in [6.07, 6.45) is 4.59. The largest absolute Gasteiger partial charge is 0.395 e. The van der Waals surface area contributed by atoms with Crippen molar-refractivity contribution in [1.82, 2.24) is 15.3 Å². The summed E-state index contributed by atoms with van der Waals surface area (Å²) in [6.45, 7) is 6.06. The minimum atomic E-state index is 0.138. The molecule has 0 amide bonds. The molecule has 0 radical (unpaired) electrons. The maximum absolute atomic E-state index is 9.11. The number of aliphatic hydroxyl groups is 1. The van der Waals surface area contributed by atoms with Crippen molar-refractivity contribution in [3.8, 4) is 0 Å². The van der Waals surface area contributed by atoms with E-state index in [4.69, 9.17) is 9.84 Å². The lowest BCUT2D eigenvalue weighted by Gasteiger charge is -2.26. The number of nitrogens with one attached hydrogen (secondary N) is 1. The Morgan fingerprint density at radius 1 is 1.37 bits per heavy atom. The predicted octanol–water partition coefficient (Wildman–Crippen LogP) is 0.174. The highest BCUT2D eigenvalue weighted by Gasteiger charge is 2.13. The molecule has 6 heteroatoms. The standard InChI is InChI=1S/C13H22N4O2/c1-2-12(10-18)14-7-11-8-15-13(16-9-11)17-3-5-19-6-4-17/h8-9,12,14,18H,2-7,10H2,1H3. The minimum Gasteiger partial charge on any atom is -0.395 e. The SMILES string of the molecule is CCC(CO)NCc1cnc(N2CCOCC2)nc1. The van der Waals surface area contributed by atoms with Gasteiger partial charge in [-0.3, -0.25) is 0 Å². The molecule has 19 heavy (non-hydrogen) atoms. The van der Waals surface area contributed by atoms with Crippen LogP contribution in [-0.2, 0) is 11.3 Å². The van der Waals surface area contributed by atoms with Gasteiger partial charge in [-0.2, -0.15) is 0 Å². The Balaban J connectivity index is 1.87. The molecule has 1 aliphatic heterocycles. The maximum atomic E-state index is 9.11. The lowest BCUT2D eigenvalue weighted by atomic mass is 10.2. The van der Waals surface area contributed by atoms with Gasteiger partial charge in [0, 0.05) is 43.6 Å². The summed E-state index contributed by atoms with van der Waals surface area (Å²) in [7, 11) is 0. The van der Waals surface area contributed by atoms with E-state index in [0.29, 0.717) is 6.54 Å². The molecule has 0 aromatic carbocycles. The van der Waals surface area contributed by atoms with Gasteiger partial charge in [-0.1, -0.05) is 6.92 Å². The fourth-order valence-corrected chi connectivity index (χ4v) is 1.97. The molecule has 1 atom stereocenters. The fourth-order valence-electron chi connectivity index (χ4n) is 1.97. The Labute approximate surface area is 113 Å². The Hall–Kier alpha value is -1.24. The van der Waals surface area contributed by atoms with Gasteiger partial charge in [0.05, 0.1) is 19.8 Å². The van der Waals surface area contributed by atoms with Gasteiger partial charge in [-0.15, -0.1) is 0 Å². The van der Waals surface area contributed by atoms with Gasteiger partial charge in [0.25, 0.3) is 0 Å². The quantitative estimate of drug-likeness (QED) is 0.765. The predicted molar refractivity (Wildman–Crippen MR) is 73.1 cm³/mol. The first-order valence-corrected chi connectivity index (χ1v) is 6.81. The van der Waals surface area contributed by atoms with Crippen LogP contribution in [0.4, 0.5) is 5.95 Å². The summed E-state index contributed by atoms with van der Waals surface area (Å²) in [5.41, 5.74) is 1.03. The summed E-state index contributed by atoms with van der Waals surface area (Å²) < 4.78 is 5.30. The van der Waals surface area contributed by atoms with Crippen LogP contribution in [0, 0.1) is 0 Å². The van der Waals surface area contributed by atoms with Crippen molar-refractivity contribution in [3.05, 3.63) is 18.0 Å². The van der Waals surface area contributed by atoms with Crippen molar-refractivity contribution < 1.29 is 9.84 Å². The summed E-state index contributed by atoms with van der Waals surface area (Å²) >= 11 is 0. The first-order chi connectivity index (χ1) is 9.33. The van der Waals surface area contributed by atoms with Crippen LogP contribution in [-0.4, -0.2) is 54.0 Å². The number of ether oxygens (including phenoxy) is 1. The smallest absolute Gasteiger partial charge is 0.225 e. The first-order valence-electron chi connectivity index (χ1n) is 6.81. The summed E-state index contributed by atoms with van der Waals surface area (Å²) in [6, 6.07) is 0.138. The second-order valence-electron chi connectivity index (χ2n) is 4.66. The number of hydrogen-bond donors (Lipinski definition) is 2. The van der Waals surface area contributed by atoms with Crippen LogP contribution in [0.25, 0.3) is 0 Å². The number of rotatable bonds is 6. The fraction of sp³-hybridized carbons (Fsp3) is 0.692. The van der Waals surface area contributed by atoms with Crippen LogP contribution >= 0.6 is 0 Å². The lowest BCUT2D eigenvalue weighted by molar-refractivity contribution is 0.122. The average molecular weight is 266 g/mol. The molecule has 0 aliphatic carbocycles. The Bertz CT molecular complexity index is 361. The number of nitrogens with zero attached hydrogens (tertiary/aromatic N) is 3. The second-order valence-corrected chi connectivity index (χ2v) is 4.66. The van der Waals surface area contributed by atoms with Gasteiger partial charge in [0.1, 0.15) is 0 Å². The molecule has 1 saturated heterocycles. The van der Waals surface area contributed by atoms with E-state index in [9.17, 15) is 0 Å². The van der Waals surface area contributed by atoms with Crippen molar-refractivity contribution in [1.29, 1.82) is 0 Å². The zero-order valence-corrected chi connectivity index (χ0v) is 11.4. The van der Waals surface area contributed by atoms with E-state index in [0.717, 1.165) is 44.2 Å².